The molecule has 2 aromatic rings. The van der Waals surface area contributed by atoms with E-state index >= 15 is 0 Å². The van der Waals surface area contributed by atoms with Gasteiger partial charge in [0.2, 0.25) is 5.91 Å². The number of piperazine rings is 1. The number of hydrogen-bond donors (Lipinski definition) is 2. The lowest BCUT2D eigenvalue weighted by molar-refractivity contribution is -0.131. The van der Waals surface area contributed by atoms with Gasteiger partial charge in [-0.1, -0.05) is 36.7 Å². The minimum absolute atomic E-state index is 0.0831. The summed E-state index contributed by atoms with van der Waals surface area (Å²) in [7, 11) is 0. The molecular formula is C23H26ClFN4O2. The number of nitrogens with two attached hydrogens (primary N) is 1. The molecule has 0 unspecified atom stereocenters. The maximum Gasteiger partial charge on any atom is 0.316 e. The molecule has 0 aliphatic carbocycles. The van der Waals surface area contributed by atoms with E-state index in [9.17, 15) is 14.0 Å². The van der Waals surface area contributed by atoms with Gasteiger partial charge in [0.1, 0.15) is 5.82 Å². The van der Waals surface area contributed by atoms with Crippen LogP contribution in [0.1, 0.15) is 24.5 Å². The molecule has 1 aliphatic heterocycles. The SMILES string of the molecule is CC[C@@H]1CN(Cc2ccc(F)cc2)CCN1C(=O)/C=C/c1ccc(Cl)cc1NC(N)=O. The van der Waals surface area contributed by atoms with Crippen LogP contribution in [0.3, 0.4) is 0 Å². The van der Waals surface area contributed by atoms with Crippen LogP contribution < -0.4 is 11.1 Å². The van der Waals surface area contributed by atoms with Crippen molar-refractivity contribution < 1.29 is 14.0 Å². The number of amides is 3. The van der Waals surface area contributed by atoms with Crippen LogP contribution in [-0.2, 0) is 11.3 Å². The third kappa shape index (κ3) is 6.29. The van der Waals surface area contributed by atoms with Crippen LogP contribution in [0.15, 0.2) is 48.5 Å². The second-order valence-electron chi connectivity index (χ2n) is 7.51. The molecule has 0 radical (unpaired) electrons. The van der Waals surface area contributed by atoms with Crippen molar-refractivity contribution in [3.63, 3.8) is 0 Å². The molecule has 3 amide bonds. The van der Waals surface area contributed by atoms with E-state index < -0.39 is 6.03 Å². The summed E-state index contributed by atoms with van der Waals surface area (Å²) in [5.74, 6) is -0.333. The number of hydrogen-bond acceptors (Lipinski definition) is 3. The van der Waals surface area contributed by atoms with Gasteiger partial charge in [0, 0.05) is 43.3 Å². The molecule has 1 aliphatic rings. The molecule has 1 atom stereocenters. The Hall–Kier alpha value is -2.90. The fourth-order valence-corrected chi connectivity index (χ4v) is 3.89. The number of anilines is 1. The minimum atomic E-state index is -0.702. The third-order valence-electron chi connectivity index (χ3n) is 5.32. The van der Waals surface area contributed by atoms with Gasteiger partial charge < -0.3 is 16.0 Å². The first-order chi connectivity index (χ1) is 14.9. The number of carbonyl (C=O) groups is 2. The molecule has 3 rings (SSSR count). The van der Waals surface area contributed by atoms with Crippen molar-refractivity contribution in [2.45, 2.75) is 25.9 Å². The van der Waals surface area contributed by atoms with Crippen molar-refractivity contribution in [2.75, 3.05) is 25.0 Å². The molecule has 164 valence electrons. The second kappa shape index (κ2) is 10.4. The Balaban J connectivity index is 1.65. The van der Waals surface area contributed by atoms with Crippen LogP contribution in [-0.4, -0.2) is 47.4 Å². The molecule has 3 N–H and O–H groups in total. The number of nitrogens with one attached hydrogen (secondary N) is 1. The van der Waals surface area contributed by atoms with Gasteiger partial charge in [-0.2, -0.15) is 0 Å². The summed E-state index contributed by atoms with van der Waals surface area (Å²) in [6.07, 6.45) is 3.99. The molecule has 1 fully saturated rings. The largest absolute Gasteiger partial charge is 0.351 e. The molecule has 1 saturated heterocycles. The van der Waals surface area contributed by atoms with Gasteiger partial charge in [-0.3, -0.25) is 9.69 Å². The summed E-state index contributed by atoms with van der Waals surface area (Å²) >= 11 is 5.99. The fourth-order valence-electron chi connectivity index (χ4n) is 3.72. The van der Waals surface area contributed by atoms with E-state index in [4.69, 9.17) is 17.3 Å². The van der Waals surface area contributed by atoms with E-state index in [1.54, 1.807) is 36.4 Å². The molecule has 8 heteroatoms. The van der Waals surface area contributed by atoms with Crippen molar-refractivity contribution in [3.05, 3.63) is 70.5 Å². The number of primary amides is 1. The highest BCUT2D eigenvalue weighted by Gasteiger charge is 2.28. The zero-order valence-electron chi connectivity index (χ0n) is 17.4. The molecular weight excluding hydrogens is 419 g/mol. The molecule has 31 heavy (non-hydrogen) atoms. The van der Waals surface area contributed by atoms with Gasteiger partial charge >= 0.3 is 6.03 Å². The quantitative estimate of drug-likeness (QED) is 0.658. The van der Waals surface area contributed by atoms with Crippen molar-refractivity contribution >= 4 is 35.3 Å². The third-order valence-corrected chi connectivity index (χ3v) is 5.55. The van der Waals surface area contributed by atoms with Gasteiger partial charge in [-0.15, -0.1) is 0 Å². The molecule has 2 aromatic carbocycles. The predicted octanol–water partition coefficient (Wildman–Crippen LogP) is 4.11. The monoisotopic (exact) mass is 444 g/mol. The summed E-state index contributed by atoms with van der Waals surface area (Å²) in [4.78, 5) is 28.3. The van der Waals surface area contributed by atoms with Gasteiger partial charge in [0.15, 0.2) is 0 Å². The Morgan fingerprint density at radius 2 is 1.97 bits per heavy atom. The summed E-state index contributed by atoms with van der Waals surface area (Å²) in [5, 5.41) is 2.97. The smallest absolute Gasteiger partial charge is 0.316 e. The Labute approximate surface area is 186 Å². The molecule has 0 aromatic heterocycles. The number of carbonyl (C=O) groups excluding carboxylic acids is 2. The van der Waals surface area contributed by atoms with E-state index in [1.807, 2.05) is 4.90 Å². The van der Waals surface area contributed by atoms with Gasteiger partial charge in [0.05, 0.1) is 5.69 Å². The molecule has 0 spiro atoms. The Morgan fingerprint density at radius 3 is 2.65 bits per heavy atom. The predicted molar refractivity (Wildman–Crippen MR) is 121 cm³/mol. The van der Waals surface area contributed by atoms with Crippen LogP contribution in [0.4, 0.5) is 14.9 Å². The minimum Gasteiger partial charge on any atom is -0.351 e. The van der Waals surface area contributed by atoms with Crippen LogP contribution in [0.2, 0.25) is 5.02 Å². The lowest BCUT2D eigenvalue weighted by atomic mass is 10.1. The Kier molecular flexibility index (Phi) is 7.65. The highest BCUT2D eigenvalue weighted by atomic mass is 35.5. The molecule has 0 saturated carbocycles. The van der Waals surface area contributed by atoms with Crippen molar-refractivity contribution in [1.82, 2.24) is 9.80 Å². The average Bonchev–Trinajstić information content (AvgIpc) is 2.74. The number of nitrogens with zero attached hydrogens (tertiary/aromatic N) is 2. The van der Waals surface area contributed by atoms with E-state index in [0.29, 0.717) is 22.8 Å². The first kappa shape index (κ1) is 22.8. The zero-order chi connectivity index (χ0) is 22.4. The van der Waals surface area contributed by atoms with Crippen LogP contribution in [0.25, 0.3) is 6.08 Å². The Morgan fingerprint density at radius 1 is 1.23 bits per heavy atom. The summed E-state index contributed by atoms with van der Waals surface area (Å²) in [5.41, 5.74) is 7.34. The molecule has 1 heterocycles. The average molecular weight is 445 g/mol. The maximum absolute atomic E-state index is 13.1. The van der Waals surface area contributed by atoms with E-state index in [-0.39, 0.29) is 17.8 Å². The lowest BCUT2D eigenvalue weighted by Crippen LogP contribution is -2.54. The first-order valence-electron chi connectivity index (χ1n) is 10.2. The number of halogens is 2. The maximum atomic E-state index is 13.1. The number of benzene rings is 2. The van der Waals surface area contributed by atoms with Crippen LogP contribution >= 0.6 is 11.6 Å². The van der Waals surface area contributed by atoms with E-state index in [1.165, 1.54) is 18.2 Å². The van der Waals surface area contributed by atoms with Crippen molar-refractivity contribution in [3.8, 4) is 0 Å². The topological polar surface area (TPSA) is 78.7 Å². The Bertz CT molecular complexity index is 965. The standard InChI is InChI=1S/C23H26ClFN4O2/c1-2-20-15-28(14-16-3-8-19(25)9-4-16)11-12-29(20)22(30)10-6-17-5-7-18(24)13-21(17)27-23(26)31/h3-10,13,20H,2,11-12,14-15H2,1H3,(H3,26,27,31)/b10-6+/t20-/m1/s1. The highest BCUT2D eigenvalue weighted by molar-refractivity contribution is 6.31. The van der Waals surface area contributed by atoms with Gasteiger partial charge in [0.25, 0.3) is 0 Å². The van der Waals surface area contributed by atoms with Crippen molar-refractivity contribution in [1.29, 1.82) is 0 Å². The molecule has 6 nitrogen and oxygen atoms in total. The summed E-state index contributed by atoms with van der Waals surface area (Å²) in [6, 6.07) is 10.9. The van der Waals surface area contributed by atoms with Crippen LogP contribution in [0, 0.1) is 5.82 Å². The second-order valence-corrected chi connectivity index (χ2v) is 7.95. The highest BCUT2D eigenvalue weighted by Crippen LogP contribution is 2.23. The zero-order valence-corrected chi connectivity index (χ0v) is 18.1. The number of urea groups is 1. The van der Waals surface area contributed by atoms with E-state index in [2.05, 4.69) is 17.1 Å². The van der Waals surface area contributed by atoms with E-state index in [0.717, 1.165) is 31.6 Å². The lowest BCUT2D eigenvalue weighted by Gasteiger charge is -2.41. The van der Waals surface area contributed by atoms with Crippen molar-refractivity contribution in [2.24, 2.45) is 5.73 Å². The van der Waals surface area contributed by atoms with Gasteiger partial charge in [-0.05, 0) is 47.9 Å². The summed E-state index contributed by atoms with van der Waals surface area (Å²) in [6.45, 7) is 4.88. The first-order valence-corrected chi connectivity index (χ1v) is 10.5. The number of rotatable bonds is 6. The van der Waals surface area contributed by atoms with Gasteiger partial charge in [-0.25, -0.2) is 9.18 Å². The van der Waals surface area contributed by atoms with Crippen LogP contribution in [0.5, 0.6) is 0 Å². The molecule has 0 bridgehead atoms. The summed E-state index contributed by atoms with van der Waals surface area (Å²) < 4.78 is 13.1. The fraction of sp³-hybridized carbons (Fsp3) is 0.304. The normalized spacial score (nSPS) is 17.1.